The van der Waals surface area contributed by atoms with Crippen molar-refractivity contribution in [2.45, 2.75) is 12.8 Å². The highest BCUT2D eigenvalue weighted by atomic mass is 32.1. The third-order valence-electron chi connectivity index (χ3n) is 2.19. The lowest BCUT2D eigenvalue weighted by Crippen LogP contribution is -2.08. The van der Waals surface area contributed by atoms with Crippen LogP contribution in [0.1, 0.15) is 12.0 Å². The minimum Gasteiger partial charge on any atom is -0.493 e. The zero-order valence-corrected chi connectivity index (χ0v) is 8.31. The number of rotatable bonds is 2. The summed E-state index contributed by atoms with van der Waals surface area (Å²) in [6, 6.07) is 6.20. The molecule has 2 nitrogen and oxygen atoms in total. The van der Waals surface area contributed by atoms with Gasteiger partial charge in [0.25, 0.3) is 0 Å². The fourth-order valence-electron chi connectivity index (χ4n) is 1.56. The van der Waals surface area contributed by atoms with Gasteiger partial charge in [-0.3, -0.25) is 0 Å². The van der Waals surface area contributed by atoms with E-state index in [1.807, 2.05) is 12.1 Å². The fraction of sp³-hybridized carbons (Fsp3) is 0.400. The Bertz CT molecular complexity index is 301. The van der Waals surface area contributed by atoms with Crippen LogP contribution in [0.4, 0.5) is 5.69 Å². The number of thiol groups is 1. The molecule has 0 spiro atoms. The van der Waals surface area contributed by atoms with Crippen LogP contribution in [0.2, 0.25) is 0 Å². The molecular weight excluding hydrogens is 182 g/mol. The number of anilines is 1. The Morgan fingerprint density at radius 2 is 2.38 bits per heavy atom. The molecule has 3 heteroatoms. The summed E-state index contributed by atoms with van der Waals surface area (Å²) < 4.78 is 5.51. The molecule has 1 heterocycles. The van der Waals surface area contributed by atoms with Gasteiger partial charge >= 0.3 is 0 Å². The van der Waals surface area contributed by atoms with E-state index in [9.17, 15) is 0 Å². The smallest absolute Gasteiger partial charge is 0.122 e. The summed E-state index contributed by atoms with van der Waals surface area (Å²) in [6.45, 7) is 0.854. The number of hydrogen-bond donors (Lipinski definition) is 2. The van der Waals surface area contributed by atoms with E-state index in [0.717, 1.165) is 30.9 Å². The van der Waals surface area contributed by atoms with Crippen LogP contribution in [0.3, 0.4) is 0 Å². The number of fused-ring (bicyclic) bond motifs is 1. The van der Waals surface area contributed by atoms with Crippen molar-refractivity contribution < 1.29 is 4.74 Å². The van der Waals surface area contributed by atoms with Crippen LogP contribution in [0, 0.1) is 0 Å². The summed E-state index contributed by atoms with van der Waals surface area (Å²) >= 11 is 4.12. The molecule has 1 N–H and O–H groups in total. The maximum atomic E-state index is 5.51. The largest absolute Gasteiger partial charge is 0.493 e. The van der Waals surface area contributed by atoms with Crippen molar-refractivity contribution in [2.75, 3.05) is 17.8 Å². The van der Waals surface area contributed by atoms with Gasteiger partial charge in [-0.1, -0.05) is 0 Å². The topological polar surface area (TPSA) is 21.3 Å². The zero-order valence-electron chi connectivity index (χ0n) is 7.42. The fourth-order valence-corrected chi connectivity index (χ4v) is 1.74. The van der Waals surface area contributed by atoms with E-state index in [1.54, 1.807) is 0 Å². The molecule has 0 saturated carbocycles. The first-order valence-corrected chi connectivity index (χ1v) is 5.14. The molecule has 2 rings (SSSR count). The minimum atomic E-state index is 0.666. The molecule has 0 atom stereocenters. The Hall–Kier alpha value is -0.830. The van der Waals surface area contributed by atoms with E-state index in [1.165, 1.54) is 5.56 Å². The highest BCUT2D eigenvalue weighted by molar-refractivity contribution is 7.80. The number of nitrogens with one attached hydrogen (secondary N) is 1. The number of benzene rings is 1. The van der Waals surface area contributed by atoms with Crippen molar-refractivity contribution in [1.29, 1.82) is 0 Å². The average Bonchev–Trinajstić information content (AvgIpc) is 2.18. The molecule has 13 heavy (non-hydrogen) atoms. The van der Waals surface area contributed by atoms with Gasteiger partial charge in [-0.25, -0.2) is 0 Å². The molecule has 0 fully saturated rings. The average molecular weight is 195 g/mol. The summed E-state index contributed by atoms with van der Waals surface area (Å²) in [4.78, 5) is 0. The van der Waals surface area contributed by atoms with Gasteiger partial charge in [-0.15, -0.1) is 0 Å². The SMILES string of the molecule is SCNc1ccc2c(c1)CCCO2. The summed E-state index contributed by atoms with van der Waals surface area (Å²) in [5.74, 6) is 1.70. The molecule has 0 radical (unpaired) electrons. The minimum absolute atomic E-state index is 0.666. The Kier molecular flexibility index (Phi) is 2.64. The Morgan fingerprint density at radius 3 is 3.23 bits per heavy atom. The van der Waals surface area contributed by atoms with E-state index in [0.29, 0.717) is 5.88 Å². The second-order valence-corrected chi connectivity index (χ2v) is 3.43. The Balaban J connectivity index is 2.24. The van der Waals surface area contributed by atoms with Gasteiger partial charge in [-0.05, 0) is 36.6 Å². The second kappa shape index (κ2) is 3.92. The third-order valence-corrected chi connectivity index (χ3v) is 2.35. The number of aryl methyl sites for hydroxylation is 1. The molecule has 1 aromatic carbocycles. The standard InChI is InChI=1S/C10H13NOS/c13-7-11-9-3-4-10-8(6-9)2-1-5-12-10/h3-4,6,11,13H,1-2,5,7H2. The molecule has 1 aliphatic rings. The van der Waals surface area contributed by atoms with Crippen LogP contribution >= 0.6 is 12.6 Å². The maximum absolute atomic E-state index is 5.51. The van der Waals surface area contributed by atoms with Crippen LogP contribution in [0.15, 0.2) is 18.2 Å². The summed E-state index contributed by atoms with van der Waals surface area (Å²) in [5.41, 5.74) is 2.43. The number of ether oxygens (including phenoxy) is 1. The van der Waals surface area contributed by atoms with Crippen LogP contribution < -0.4 is 10.1 Å². The zero-order chi connectivity index (χ0) is 9.10. The van der Waals surface area contributed by atoms with Gasteiger partial charge in [-0.2, -0.15) is 12.6 Å². The van der Waals surface area contributed by atoms with Crippen molar-refractivity contribution in [3.8, 4) is 5.75 Å². The maximum Gasteiger partial charge on any atom is 0.122 e. The second-order valence-electron chi connectivity index (χ2n) is 3.11. The molecule has 1 aliphatic heterocycles. The monoisotopic (exact) mass is 195 g/mol. The molecule has 0 bridgehead atoms. The summed E-state index contributed by atoms with van der Waals surface area (Å²) in [5, 5.41) is 3.17. The first kappa shape index (κ1) is 8.75. The van der Waals surface area contributed by atoms with Gasteiger partial charge in [0.15, 0.2) is 0 Å². The lowest BCUT2D eigenvalue weighted by atomic mass is 10.1. The van der Waals surface area contributed by atoms with Crippen LogP contribution in [-0.2, 0) is 6.42 Å². The molecule has 1 aromatic rings. The first-order chi connectivity index (χ1) is 6.40. The van der Waals surface area contributed by atoms with Crippen molar-refractivity contribution >= 4 is 18.3 Å². The van der Waals surface area contributed by atoms with Crippen molar-refractivity contribution in [3.05, 3.63) is 23.8 Å². The predicted molar refractivity (Wildman–Crippen MR) is 57.7 cm³/mol. The molecular formula is C10H13NOS. The molecule has 0 unspecified atom stereocenters. The Labute approximate surface area is 83.7 Å². The highest BCUT2D eigenvalue weighted by Crippen LogP contribution is 2.27. The lowest BCUT2D eigenvalue weighted by Gasteiger charge is -2.17. The van der Waals surface area contributed by atoms with Crippen molar-refractivity contribution in [1.82, 2.24) is 0 Å². The van der Waals surface area contributed by atoms with Crippen molar-refractivity contribution in [3.63, 3.8) is 0 Å². The summed E-state index contributed by atoms with van der Waals surface area (Å²) in [7, 11) is 0. The van der Waals surface area contributed by atoms with E-state index < -0.39 is 0 Å². The van der Waals surface area contributed by atoms with Crippen molar-refractivity contribution in [2.24, 2.45) is 0 Å². The van der Waals surface area contributed by atoms with Crippen LogP contribution in [0.25, 0.3) is 0 Å². The molecule has 0 aliphatic carbocycles. The first-order valence-electron chi connectivity index (χ1n) is 4.50. The van der Waals surface area contributed by atoms with Crippen LogP contribution in [0.5, 0.6) is 5.75 Å². The van der Waals surface area contributed by atoms with Gasteiger partial charge in [0, 0.05) is 5.69 Å². The van der Waals surface area contributed by atoms with E-state index >= 15 is 0 Å². The highest BCUT2D eigenvalue weighted by Gasteiger charge is 2.09. The van der Waals surface area contributed by atoms with E-state index in [4.69, 9.17) is 4.74 Å². The van der Waals surface area contributed by atoms with E-state index in [2.05, 4.69) is 24.0 Å². The predicted octanol–water partition coefficient (Wildman–Crippen LogP) is 2.31. The van der Waals surface area contributed by atoms with Crippen LogP contribution in [-0.4, -0.2) is 12.5 Å². The lowest BCUT2D eigenvalue weighted by molar-refractivity contribution is 0.288. The van der Waals surface area contributed by atoms with Gasteiger partial charge in [0.05, 0.1) is 12.5 Å². The molecule has 0 saturated heterocycles. The van der Waals surface area contributed by atoms with Gasteiger partial charge in [0.2, 0.25) is 0 Å². The Morgan fingerprint density at radius 1 is 1.46 bits per heavy atom. The quantitative estimate of drug-likeness (QED) is 0.558. The number of hydrogen-bond acceptors (Lipinski definition) is 3. The molecule has 0 amide bonds. The third kappa shape index (κ3) is 1.91. The van der Waals surface area contributed by atoms with E-state index in [-0.39, 0.29) is 0 Å². The molecule has 0 aromatic heterocycles. The molecule has 70 valence electrons. The van der Waals surface area contributed by atoms with Gasteiger partial charge < -0.3 is 10.1 Å². The summed E-state index contributed by atoms with van der Waals surface area (Å²) in [6.07, 6.45) is 2.24. The normalized spacial score (nSPS) is 14.5. The van der Waals surface area contributed by atoms with Gasteiger partial charge in [0.1, 0.15) is 5.75 Å².